The van der Waals surface area contributed by atoms with Gasteiger partial charge in [-0.3, -0.25) is 0 Å². The van der Waals surface area contributed by atoms with Crippen molar-refractivity contribution in [3.63, 3.8) is 0 Å². The molecule has 0 bridgehead atoms. The molecule has 0 aliphatic rings. The number of aliphatic hydroxyl groups is 1. The lowest BCUT2D eigenvalue weighted by Gasteiger charge is -2.06. The van der Waals surface area contributed by atoms with E-state index < -0.39 is 11.9 Å². The number of rotatable bonds is 7. The second kappa shape index (κ2) is 9.47. The number of ether oxygens (including phenoxy) is 1. The maximum atomic E-state index is 13.5. The largest absolute Gasteiger partial charge is 0.445 e. The maximum absolute atomic E-state index is 13.5. The van der Waals surface area contributed by atoms with E-state index in [9.17, 15) is 9.18 Å². The Bertz CT molecular complexity index is 686. The maximum Gasteiger partial charge on any atom is 0.407 e. The van der Waals surface area contributed by atoms with Crippen molar-refractivity contribution in [3.8, 4) is 0 Å². The van der Waals surface area contributed by atoms with Crippen LogP contribution in [0.3, 0.4) is 0 Å². The monoisotopic (exact) mass is 329 g/mol. The Morgan fingerprint density at radius 1 is 1.21 bits per heavy atom. The first-order valence-corrected chi connectivity index (χ1v) is 7.69. The second-order valence-corrected chi connectivity index (χ2v) is 5.19. The lowest BCUT2D eigenvalue weighted by atomic mass is 10.1. The van der Waals surface area contributed by atoms with E-state index in [0.717, 1.165) is 5.56 Å². The van der Waals surface area contributed by atoms with Crippen LogP contribution in [0.2, 0.25) is 0 Å². The first kappa shape index (κ1) is 17.7. The van der Waals surface area contributed by atoms with Gasteiger partial charge in [0, 0.05) is 12.1 Å². The van der Waals surface area contributed by atoms with Crippen LogP contribution in [0.15, 0.2) is 54.6 Å². The van der Waals surface area contributed by atoms with E-state index in [1.807, 2.05) is 36.4 Å². The fraction of sp³-hybridized carbons (Fsp3) is 0.211. The Kier molecular flexibility index (Phi) is 6.98. The van der Waals surface area contributed by atoms with Crippen LogP contribution in [0.25, 0.3) is 6.08 Å². The third-order valence-electron chi connectivity index (χ3n) is 3.35. The topological polar surface area (TPSA) is 58.6 Å². The Balaban J connectivity index is 1.66. The smallest absolute Gasteiger partial charge is 0.407 e. The van der Waals surface area contributed by atoms with Gasteiger partial charge in [-0.15, -0.1) is 0 Å². The molecule has 0 fully saturated rings. The minimum absolute atomic E-state index is 0.235. The highest BCUT2D eigenvalue weighted by Gasteiger charge is 2.02. The first-order valence-electron chi connectivity index (χ1n) is 7.69. The quantitative estimate of drug-likeness (QED) is 0.762. The number of aliphatic hydroxyl groups excluding tert-OH is 1. The van der Waals surface area contributed by atoms with E-state index in [2.05, 4.69) is 5.32 Å². The highest BCUT2D eigenvalue weighted by atomic mass is 19.1. The zero-order valence-electron chi connectivity index (χ0n) is 13.2. The van der Waals surface area contributed by atoms with Gasteiger partial charge in [-0.1, -0.05) is 54.6 Å². The average molecular weight is 329 g/mol. The highest BCUT2D eigenvalue weighted by Crippen LogP contribution is 2.11. The van der Waals surface area contributed by atoms with E-state index in [1.54, 1.807) is 18.2 Å². The molecule has 4 nitrogen and oxygen atoms in total. The molecule has 2 aromatic rings. The van der Waals surface area contributed by atoms with Crippen molar-refractivity contribution < 1.29 is 19.0 Å². The molecule has 2 N–H and O–H groups in total. The zero-order valence-corrected chi connectivity index (χ0v) is 13.2. The van der Waals surface area contributed by atoms with Crippen molar-refractivity contribution in [2.24, 2.45) is 0 Å². The van der Waals surface area contributed by atoms with Gasteiger partial charge >= 0.3 is 6.09 Å². The number of benzene rings is 2. The zero-order chi connectivity index (χ0) is 17.2. The second-order valence-electron chi connectivity index (χ2n) is 5.19. The molecule has 126 valence electrons. The number of alkyl carbamates (subject to hydrolysis) is 1. The molecular formula is C19H20FNO3. The van der Waals surface area contributed by atoms with Gasteiger partial charge in [0.1, 0.15) is 12.4 Å². The van der Waals surface area contributed by atoms with Gasteiger partial charge in [0.25, 0.3) is 0 Å². The Hall–Kier alpha value is -2.66. The van der Waals surface area contributed by atoms with Gasteiger partial charge in [0.05, 0.1) is 6.61 Å². The highest BCUT2D eigenvalue weighted by molar-refractivity contribution is 5.67. The van der Waals surface area contributed by atoms with Gasteiger partial charge in [0.15, 0.2) is 0 Å². The summed E-state index contributed by atoms with van der Waals surface area (Å²) in [6, 6.07) is 14.1. The Morgan fingerprint density at radius 3 is 2.71 bits per heavy atom. The SMILES string of the molecule is O=C(NCCC=Cc1ccc(CO)c(F)c1)OCc1ccccc1. The first-order chi connectivity index (χ1) is 11.7. The summed E-state index contributed by atoms with van der Waals surface area (Å²) in [6.45, 7) is 0.352. The molecule has 0 saturated heterocycles. The molecule has 2 rings (SSSR count). The molecule has 0 heterocycles. The Morgan fingerprint density at radius 2 is 2.00 bits per heavy atom. The fourth-order valence-corrected chi connectivity index (χ4v) is 2.05. The molecule has 0 saturated carbocycles. The summed E-state index contributed by atoms with van der Waals surface area (Å²) in [7, 11) is 0. The number of carbonyl (C=O) groups is 1. The molecule has 1 amide bonds. The lowest BCUT2D eigenvalue weighted by Crippen LogP contribution is -2.24. The predicted molar refractivity (Wildman–Crippen MR) is 90.6 cm³/mol. The number of nitrogens with one attached hydrogen (secondary N) is 1. The van der Waals surface area contributed by atoms with Crippen LogP contribution in [0.1, 0.15) is 23.1 Å². The molecule has 0 aromatic heterocycles. The normalized spacial score (nSPS) is 10.8. The summed E-state index contributed by atoms with van der Waals surface area (Å²) < 4.78 is 18.6. The number of halogens is 1. The van der Waals surface area contributed by atoms with E-state index in [4.69, 9.17) is 9.84 Å². The molecule has 24 heavy (non-hydrogen) atoms. The lowest BCUT2D eigenvalue weighted by molar-refractivity contribution is 0.140. The summed E-state index contributed by atoms with van der Waals surface area (Å²) in [5.74, 6) is -0.428. The summed E-state index contributed by atoms with van der Waals surface area (Å²) in [5.41, 5.74) is 1.91. The van der Waals surface area contributed by atoms with E-state index in [0.29, 0.717) is 18.5 Å². The third-order valence-corrected chi connectivity index (χ3v) is 3.35. The van der Waals surface area contributed by atoms with Gasteiger partial charge in [0.2, 0.25) is 0 Å². The van der Waals surface area contributed by atoms with E-state index in [-0.39, 0.29) is 18.8 Å². The predicted octanol–water partition coefficient (Wildman–Crippen LogP) is 3.65. The average Bonchev–Trinajstić information content (AvgIpc) is 2.61. The van der Waals surface area contributed by atoms with E-state index in [1.165, 1.54) is 6.07 Å². The molecule has 0 spiro atoms. The van der Waals surface area contributed by atoms with Crippen molar-refractivity contribution in [1.82, 2.24) is 5.32 Å². The van der Waals surface area contributed by atoms with Crippen LogP contribution in [0.4, 0.5) is 9.18 Å². The standard InChI is InChI=1S/C19H20FNO3/c20-18-12-15(9-10-17(18)13-22)6-4-5-11-21-19(23)24-14-16-7-2-1-3-8-16/h1-4,6-10,12,22H,5,11,13-14H2,(H,21,23). The number of carbonyl (C=O) groups excluding carboxylic acids is 1. The summed E-state index contributed by atoms with van der Waals surface area (Å²) in [4.78, 5) is 11.5. The van der Waals surface area contributed by atoms with Crippen molar-refractivity contribution >= 4 is 12.2 Å². The minimum Gasteiger partial charge on any atom is -0.445 e. The number of amides is 1. The Labute approximate surface area is 140 Å². The molecule has 0 atom stereocenters. The number of hydrogen-bond acceptors (Lipinski definition) is 3. The minimum atomic E-state index is -0.467. The molecule has 5 heteroatoms. The molecule has 0 unspecified atom stereocenters. The number of hydrogen-bond donors (Lipinski definition) is 2. The van der Waals surface area contributed by atoms with Crippen LogP contribution in [0.5, 0.6) is 0 Å². The van der Waals surface area contributed by atoms with Crippen molar-refractivity contribution in [2.75, 3.05) is 6.54 Å². The van der Waals surface area contributed by atoms with Crippen molar-refractivity contribution in [3.05, 3.63) is 77.1 Å². The molecule has 0 aliphatic heterocycles. The van der Waals surface area contributed by atoms with Crippen LogP contribution >= 0.6 is 0 Å². The molecular weight excluding hydrogens is 309 g/mol. The van der Waals surface area contributed by atoms with Crippen LogP contribution in [-0.2, 0) is 18.0 Å². The summed E-state index contributed by atoms with van der Waals surface area (Å²) in [5, 5.41) is 11.6. The molecule has 2 aromatic carbocycles. The summed E-state index contributed by atoms with van der Waals surface area (Å²) >= 11 is 0. The van der Waals surface area contributed by atoms with Crippen LogP contribution in [0, 0.1) is 5.82 Å². The van der Waals surface area contributed by atoms with Gasteiger partial charge in [-0.05, 0) is 23.6 Å². The molecule has 0 radical (unpaired) electrons. The van der Waals surface area contributed by atoms with Crippen LogP contribution in [-0.4, -0.2) is 17.7 Å². The third kappa shape index (κ3) is 5.85. The molecule has 0 aliphatic carbocycles. The van der Waals surface area contributed by atoms with Gasteiger partial charge in [-0.2, -0.15) is 0 Å². The van der Waals surface area contributed by atoms with Crippen molar-refractivity contribution in [2.45, 2.75) is 19.6 Å². The van der Waals surface area contributed by atoms with Crippen LogP contribution < -0.4 is 5.32 Å². The van der Waals surface area contributed by atoms with Crippen molar-refractivity contribution in [1.29, 1.82) is 0 Å². The van der Waals surface area contributed by atoms with Gasteiger partial charge in [-0.25, -0.2) is 9.18 Å². The summed E-state index contributed by atoms with van der Waals surface area (Å²) in [6.07, 6.45) is 3.74. The van der Waals surface area contributed by atoms with E-state index >= 15 is 0 Å². The van der Waals surface area contributed by atoms with Gasteiger partial charge < -0.3 is 15.2 Å². The fourth-order valence-electron chi connectivity index (χ4n) is 2.05.